The first-order valence-corrected chi connectivity index (χ1v) is 4.16. The average molecular weight is 192 g/mol. The fraction of sp³-hybridized carbons (Fsp3) is 0.222. The molecule has 0 amide bonds. The van der Waals surface area contributed by atoms with Crippen molar-refractivity contribution < 1.29 is 14.7 Å². The van der Waals surface area contributed by atoms with Gasteiger partial charge in [0.1, 0.15) is 11.7 Å². The Morgan fingerprint density at radius 1 is 1.64 bits per heavy atom. The van der Waals surface area contributed by atoms with Gasteiger partial charge in [-0.15, -0.1) is 0 Å². The van der Waals surface area contributed by atoms with E-state index in [-0.39, 0.29) is 12.3 Å². The number of Topliss-reactive ketones (excluding diaryl/α,β-unsaturated/α-hetero) is 1. The number of nitrogens with one attached hydrogen (secondary N) is 1. The lowest BCUT2D eigenvalue weighted by Crippen LogP contribution is -2.35. The van der Waals surface area contributed by atoms with Crippen LogP contribution in [0.5, 0.6) is 0 Å². The van der Waals surface area contributed by atoms with Crippen LogP contribution in [0.15, 0.2) is 18.3 Å². The molecule has 1 aromatic rings. The first-order chi connectivity index (χ1) is 6.70. The van der Waals surface area contributed by atoms with Gasteiger partial charge in [-0.05, 0) is 12.1 Å². The van der Waals surface area contributed by atoms with E-state index in [1.165, 1.54) is 0 Å². The van der Waals surface area contributed by atoms with Gasteiger partial charge in [-0.3, -0.25) is 9.59 Å². The van der Waals surface area contributed by atoms with Gasteiger partial charge in [-0.1, -0.05) is 0 Å². The second-order valence-electron chi connectivity index (χ2n) is 3.04. The Labute approximate surface area is 79.8 Å². The summed E-state index contributed by atoms with van der Waals surface area (Å²) in [6.07, 6.45) is 1.56. The molecule has 0 radical (unpaired) electrons. The predicted molar refractivity (Wildman–Crippen MR) is 48.2 cm³/mol. The average Bonchev–Trinajstić information content (AvgIpc) is 2.18. The molecule has 2 N–H and O–H groups in total. The fourth-order valence-electron chi connectivity index (χ4n) is 1.42. The number of hydrogen-bond donors (Lipinski definition) is 2. The highest BCUT2D eigenvalue weighted by Gasteiger charge is 2.32. The predicted octanol–water partition coefficient (Wildman–Crippen LogP) is 0.391. The van der Waals surface area contributed by atoms with Gasteiger partial charge >= 0.3 is 5.97 Å². The van der Waals surface area contributed by atoms with Crippen LogP contribution >= 0.6 is 0 Å². The maximum atomic E-state index is 11.6. The molecule has 5 nitrogen and oxygen atoms in total. The summed E-state index contributed by atoms with van der Waals surface area (Å²) in [5.74, 6) is -2.00. The molecule has 0 spiro atoms. The third-order valence-corrected chi connectivity index (χ3v) is 2.16. The molecule has 1 aromatic heterocycles. The quantitative estimate of drug-likeness (QED) is 0.629. The van der Waals surface area contributed by atoms with Crippen LogP contribution in [0.25, 0.3) is 0 Å². The molecule has 2 heterocycles. The number of rotatable bonds is 1. The highest BCUT2D eigenvalue weighted by Crippen LogP contribution is 2.21. The summed E-state index contributed by atoms with van der Waals surface area (Å²) >= 11 is 0. The Morgan fingerprint density at radius 2 is 2.43 bits per heavy atom. The molecule has 0 aromatic carbocycles. The van der Waals surface area contributed by atoms with Crippen LogP contribution in [0.4, 0.5) is 5.82 Å². The highest BCUT2D eigenvalue weighted by atomic mass is 16.4. The zero-order valence-corrected chi connectivity index (χ0v) is 7.23. The second kappa shape index (κ2) is 3.10. The van der Waals surface area contributed by atoms with Crippen molar-refractivity contribution in [1.29, 1.82) is 0 Å². The largest absolute Gasteiger partial charge is 0.481 e. The maximum absolute atomic E-state index is 11.6. The summed E-state index contributed by atoms with van der Waals surface area (Å²) in [5, 5.41) is 11.6. The summed E-state index contributed by atoms with van der Waals surface area (Å²) in [7, 11) is 0. The van der Waals surface area contributed by atoms with Crippen molar-refractivity contribution in [3.8, 4) is 0 Å². The van der Waals surface area contributed by atoms with E-state index in [2.05, 4.69) is 10.3 Å². The number of aliphatic carboxylic acids is 1. The topological polar surface area (TPSA) is 79.3 Å². The Hall–Kier alpha value is -1.91. The standard InChI is InChI=1S/C9H8N2O3/c12-7-5-2-1-3-10-8(5)11-4-6(7)9(13)14/h1-3,6H,4H2,(H,10,11)(H,13,14). The third-order valence-electron chi connectivity index (χ3n) is 2.16. The molecule has 0 fully saturated rings. The van der Waals surface area contributed by atoms with Crippen molar-refractivity contribution in [1.82, 2.24) is 4.98 Å². The maximum Gasteiger partial charge on any atom is 0.316 e. The van der Waals surface area contributed by atoms with Crippen molar-refractivity contribution in [3.05, 3.63) is 23.9 Å². The van der Waals surface area contributed by atoms with E-state index < -0.39 is 11.9 Å². The van der Waals surface area contributed by atoms with Crippen molar-refractivity contribution in [2.24, 2.45) is 5.92 Å². The Kier molecular flexibility index (Phi) is 1.92. The van der Waals surface area contributed by atoms with Gasteiger partial charge in [-0.2, -0.15) is 0 Å². The molecule has 1 atom stereocenters. The van der Waals surface area contributed by atoms with Crippen LogP contribution in [-0.4, -0.2) is 28.4 Å². The molecule has 0 saturated carbocycles. The number of anilines is 1. The van der Waals surface area contributed by atoms with Gasteiger partial charge in [0.2, 0.25) is 0 Å². The van der Waals surface area contributed by atoms with Crippen LogP contribution in [0, 0.1) is 5.92 Å². The van der Waals surface area contributed by atoms with Crippen LogP contribution in [0.3, 0.4) is 0 Å². The minimum Gasteiger partial charge on any atom is -0.481 e. The number of carbonyl (C=O) groups excluding carboxylic acids is 1. The fourth-order valence-corrected chi connectivity index (χ4v) is 1.42. The molecule has 1 unspecified atom stereocenters. The zero-order valence-electron chi connectivity index (χ0n) is 7.23. The van der Waals surface area contributed by atoms with Crippen LogP contribution < -0.4 is 5.32 Å². The number of aromatic nitrogens is 1. The minimum atomic E-state index is -1.10. The molecule has 5 heteroatoms. The lowest BCUT2D eigenvalue weighted by molar-refractivity contribution is -0.139. The van der Waals surface area contributed by atoms with E-state index in [0.29, 0.717) is 11.4 Å². The first kappa shape index (κ1) is 8.68. The Balaban J connectivity index is 2.41. The number of pyridine rings is 1. The molecule has 0 saturated heterocycles. The van der Waals surface area contributed by atoms with Crippen LogP contribution in [0.1, 0.15) is 10.4 Å². The number of nitrogens with zero attached hydrogens (tertiary/aromatic N) is 1. The molecule has 0 bridgehead atoms. The van der Waals surface area contributed by atoms with Gasteiger partial charge < -0.3 is 10.4 Å². The first-order valence-electron chi connectivity index (χ1n) is 4.16. The van der Waals surface area contributed by atoms with E-state index in [1.807, 2.05) is 0 Å². The second-order valence-corrected chi connectivity index (χ2v) is 3.04. The smallest absolute Gasteiger partial charge is 0.316 e. The van der Waals surface area contributed by atoms with Crippen molar-refractivity contribution in [3.63, 3.8) is 0 Å². The van der Waals surface area contributed by atoms with E-state index >= 15 is 0 Å². The third kappa shape index (κ3) is 1.22. The summed E-state index contributed by atoms with van der Waals surface area (Å²) in [5.41, 5.74) is 0.353. The number of fused-ring (bicyclic) bond motifs is 1. The number of ketones is 1. The zero-order chi connectivity index (χ0) is 10.1. The molecule has 2 rings (SSSR count). The number of carboxylic acids is 1. The highest BCUT2D eigenvalue weighted by molar-refractivity contribution is 6.12. The van der Waals surface area contributed by atoms with E-state index in [4.69, 9.17) is 5.11 Å². The number of carboxylic acid groups (broad SMARTS) is 1. The number of carbonyl (C=O) groups is 2. The molecule has 1 aliphatic rings. The summed E-state index contributed by atoms with van der Waals surface area (Å²) in [6, 6.07) is 3.19. The van der Waals surface area contributed by atoms with E-state index in [0.717, 1.165) is 0 Å². The van der Waals surface area contributed by atoms with E-state index in [9.17, 15) is 9.59 Å². The molecular formula is C9H8N2O3. The SMILES string of the molecule is O=C(O)C1CNc2ncccc2C1=O. The molecule has 1 aliphatic heterocycles. The lowest BCUT2D eigenvalue weighted by Gasteiger charge is -2.20. The van der Waals surface area contributed by atoms with Gasteiger partial charge in [-0.25, -0.2) is 4.98 Å². The van der Waals surface area contributed by atoms with E-state index in [1.54, 1.807) is 18.3 Å². The summed E-state index contributed by atoms with van der Waals surface area (Å²) in [4.78, 5) is 26.2. The van der Waals surface area contributed by atoms with Crippen LogP contribution in [-0.2, 0) is 4.79 Å². The van der Waals surface area contributed by atoms with Crippen molar-refractivity contribution in [2.75, 3.05) is 11.9 Å². The Bertz CT molecular complexity index is 403. The van der Waals surface area contributed by atoms with Crippen LogP contribution in [0.2, 0.25) is 0 Å². The van der Waals surface area contributed by atoms with Crippen molar-refractivity contribution >= 4 is 17.6 Å². The van der Waals surface area contributed by atoms with Gasteiger partial charge in [0.25, 0.3) is 0 Å². The molecule has 72 valence electrons. The lowest BCUT2D eigenvalue weighted by atomic mass is 9.95. The molecule has 0 aliphatic carbocycles. The van der Waals surface area contributed by atoms with Gasteiger partial charge in [0.05, 0.1) is 5.56 Å². The molecule has 14 heavy (non-hydrogen) atoms. The number of hydrogen-bond acceptors (Lipinski definition) is 4. The summed E-state index contributed by atoms with van der Waals surface area (Å²) in [6.45, 7) is 0.109. The molecular weight excluding hydrogens is 184 g/mol. The van der Waals surface area contributed by atoms with Gasteiger partial charge in [0.15, 0.2) is 5.78 Å². The normalized spacial score (nSPS) is 19.7. The summed E-state index contributed by atoms with van der Waals surface area (Å²) < 4.78 is 0. The minimum absolute atomic E-state index is 0.109. The van der Waals surface area contributed by atoms with Gasteiger partial charge in [0, 0.05) is 12.7 Å². The Morgan fingerprint density at radius 3 is 3.14 bits per heavy atom. The monoisotopic (exact) mass is 192 g/mol. The van der Waals surface area contributed by atoms with Crippen molar-refractivity contribution in [2.45, 2.75) is 0 Å².